The Balaban J connectivity index is 2.45. The van der Waals surface area contributed by atoms with Crippen molar-refractivity contribution in [3.63, 3.8) is 0 Å². The Morgan fingerprint density at radius 2 is 1.78 bits per heavy atom. The SMILES string of the molecule is CC1(C)N=C(C(Cl)=[N+]([O-])C(=O)c2ccc(Cl)cc2)C(C)(C)N1O. The van der Waals surface area contributed by atoms with Crippen LogP contribution in [0.3, 0.4) is 0 Å². The Morgan fingerprint density at radius 3 is 2.22 bits per heavy atom. The number of hydrogen-bond acceptors (Lipinski definition) is 5. The van der Waals surface area contributed by atoms with Crippen molar-refractivity contribution in [2.24, 2.45) is 4.99 Å². The molecule has 2 rings (SSSR count). The first kappa shape index (κ1) is 17.9. The van der Waals surface area contributed by atoms with Gasteiger partial charge in [-0.25, -0.2) is 4.79 Å². The molecule has 0 aliphatic carbocycles. The van der Waals surface area contributed by atoms with Gasteiger partial charge in [-0.05, 0) is 63.6 Å². The van der Waals surface area contributed by atoms with E-state index < -0.39 is 17.1 Å². The third kappa shape index (κ3) is 3.12. The van der Waals surface area contributed by atoms with Gasteiger partial charge in [-0.15, -0.1) is 4.74 Å². The largest absolute Gasteiger partial charge is 0.615 e. The Kier molecular flexibility index (Phi) is 4.56. The maximum atomic E-state index is 12.3. The van der Waals surface area contributed by atoms with Crippen LogP contribution in [0.1, 0.15) is 38.1 Å². The van der Waals surface area contributed by atoms with Gasteiger partial charge < -0.3 is 10.4 Å². The Bertz CT molecular complexity index is 709. The standard InChI is InChI=1S/C15H17Cl2N3O3/c1-14(2)11(18-15(3,4)20(14)23)12(17)19(22)13(21)9-5-7-10(16)8-6-9/h5-8,23H,1-4H3. The molecule has 0 bridgehead atoms. The molecule has 0 saturated heterocycles. The Labute approximate surface area is 144 Å². The van der Waals surface area contributed by atoms with Crippen molar-refractivity contribution in [3.8, 4) is 0 Å². The zero-order valence-electron chi connectivity index (χ0n) is 13.2. The number of aliphatic imine (C=N–C) groups is 1. The first-order valence-corrected chi connectivity index (χ1v) is 7.63. The van der Waals surface area contributed by atoms with Gasteiger partial charge in [-0.1, -0.05) is 11.6 Å². The van der Waals surface area contributed by atoms with E-state index in [9.17, 15) is 15.2 Å². The molecule has 8 heteroatoms. The number of hydroxylamine groups is 3. The first-order chi connectivity index (χ1) is 10.5. The number of hydrogen-bond donors (Lipinski definition) is 1. The number of carbonyl (C=O) groups excluding carboxylic acids is 1. The zero-order valence-corrected chi connectivity index (χ0v) is 14.7. The molecule has 6 nitrogen and oxygen atoms in total. The minimum atomic E-state index is -1.01. The van der Waals surface area contributed by atoms with Gasteiger partial charge in [0.2, 0.25) is 0 Å². The summed E-state index contributed by atoms with van der Waals surface area (Å²) in [5.74, 6) is -0.834. The van der Waals surface area contributed by atoms with Gasteiger partial charge in [0.15, 0.2) is 0 Å². The molecule has 1 heterocycles. The van der Waals surface area contributed by atoms with Crippen LogP contribution in [0.25, 0.3) is 0 Å². The number of carbonyl (C=O) groups is 1. The third-order valence-electron chi connectivity index (χ3n) is 3.66. The highest BCUT2D eigenvalue weighted by molar-refractivity contribution is 6.83. The van der Waals surface area contributed by atoms with Crippen molar-refractivity contribution >= 4 is 40.0 Å². The summed E-state index contributed by atoms with van der Waals surface area (Å²) in [5.41, 5.74) is -1.67. The summed E-state index contributed by atoms with van der Waals surface area (Å²) >= 11 is 11.9. The van der Waals surface area contributed by atoms with E-state index in [2.05, 4.69) is 4.99 Å². The van der Waals surface area contributed by atoms with Gasteiger partial charge in [0.25, 0.3) is 0 Å². The van der Waals surface area contributed by atoms with Crippen LogP contribution in [0, 0.1) is 5.21 Å². The van der Waals surface area contributed by atoms with Crippen LogP contribution in [-0.4, -0.2) is 43.0 Å². The fraction of sp³-hybridized carbons (Fsp3) is 0.400. The van der Waals surface area contributed by atoms with Crippen LogP contribution in [0.4, 0.5) is 0 Å². The van der Waals surface area contributed by atoms with Crippen LogP contribution in [0.2, 0.25) is 5.02 Å². The molecule has 124 valence electrons. The summed E-state index contributed by atoms with van der Waals surface area (Å²) in [5, 5.41) is 23.6. The molecule has 23 heavy (non-hydrogen) atoms. The van der Waals surface area contributed by atoms with Gasteiger partial charge in [0.1, 0.15) is 11.4 Å². The Hall–Kier alpha value is -1.47. The zero-order chi connectivity index (χ0) is 17.6. The monoisotopic (exact) mass is 357 g/mol. The fourth-order valence-corrected chi connectivity index (χ4v) is 2.91. The third-order valence-corrected chi connectivity index (χ3v) is 4.25. The van der Waals surface area contributed by atoms with Crippen LogP contribution in [0.5, 0.6) is 0 Å². The number of nitrogens with zero attached hydrogens (tertiary/aromatic N) is 3. The van der Waals surface area contributed by atoms with Gasteiger partial charge >= 0.3 is 11.1 Å². The lowest BCUT2D eigenvalue weighted by molar-refractivity contribution is -0.347. The number of rotatable bonds is 2. The molecule has 0 aromatic heterocycles. The smallest absolute Gasteiger partial charge is 0.431 e. The Morgan fingerprint density at radius 1 is 1.26 bits per heavy atom. The van der Waals surface area contributed by atoms with Crippen LogP contribution in [-0.2, 0) is 0 Å². The second-order valence-corrected chi connectivity index (χ2v) is 7.02. The molecule has 0 atom stereocenters. The minimum absolute atomic E-state index is 0.0701. The van der Waals surface area contributed by atoms with E-state index in [0.29, 0.717) is 5.02 Å². The predicted molar refractivity (Wildman–Crippen MR) is 89.5 cm³/mol. The van der Waals surface area contributed by atoms with Crippen LogP contribution >= 0.6 is 23.2 Å². The summed E-state index contributed by atoms with van der Waals surface area (Å²) in [6.45, 7) is 6.65. The molecular formula is C15H17Cl2N3O3. The van der Waals surface area contributed by atoms with Gasteiger partial charge in [-0.3, -0.25) is 4.99 Å². The summed E-state index contributed by atoms with van der Waals surface area (Å²) in [4.78, 5) is 16.5. The van der Waals surface area contributed by atoms with E-state index in [4.69, 9.17) is 23.2 Å². The second-order valence-electron chi connectivity index (χ2n) is 6.22. The van der Waals surface area contributed by atoms with Crippen molar-refractivity contribution < 1.29 is 14.7 Å². The topological polar surface area (TPSA) is 79.0 Å². The van der Waals surface area contributed by atoms with Crippen LogP contribution in [0.15, 0.2) is 29.3 Å². The molecule has 1 aliphatic heterocycles. The van der Waals surface area contributed by atoms with Gasteiger partial charge in [-0.2, -0.15) is 5.06 Å². The lowest BCUT2D eigenvalue weighted by Crippen LogP contribution is -2.51. The fourth-order valence-electron chi connectivity index (χ4n) is 2.44. The molecule has 1 aliphatic rings. The summed E-state index contributed by atoms with van der Waals surface area (Å²) in [6, 6.07) is 5.88. The van der Waals surface area contributed by atoms with Crippen molar-refractivity contribution in [2.75, 3.05) is 0 Å². The predicted octanol–water partition coefficient (Wildman–Crippen LogP) is 3.29. The molecule has 0 radical (unpaired) electrons. The summed E-state index contributed by atoms with van der Waals surface area (Å²) < 4.78 is 0.0701. The summed E-state index contributed by atoms with van der Waals surface area (Å²) in [7, 11) is 0. The van der Waals surface area contributed by atoms with E-state index >= 15 is 0 Å². The van der Waals surface area contributed by atoms with E-state index in [-0.39, 0.29) is 21.2 Å². The lowest BCUT2D eigenvalue weighted by atomic mass is 9.99. The van der Waals surface area contributed by atoms with Crippen molar-refractivity contribution in [2.45, 2.75) is 38.9 Å². The quantitative estimate of drug-likeness (QED) is 0.381. The van der Waals surface area contributed by atoms with Crippen molar-refractivity contribution in [1.29, 1.82) is 0 Å². The van der Waals surface area contributed by atoms with E-state index in [1.165, 1.54) is 24.3 Å². The second kappa shape index (κ2) is 5.87. The molecule has 0 saturated carbocycles. The molecule has 0 spiro atoms. The maximum absolute atomic E-state index is 12.3. The summed E-state index contributed by atoms with van der Waals surface area (Å²) in [6.07, 6.45) is 0. The minimum Gasteiger partial charge on any atom is -0.615 e. The number of amides is 1. The van der Waals surface area contributed by atoms with E-state index in [1.54, 1.807) is 27.7 Å². The highest BCUT2D eigenvalue weighted by atomic mass is 35.5. The number of benzene rings is 1. The lowest BCUT2D eigenvalue weighted by Gasteiger charge is -2.33. The van der Waals surface area contributed by atoms with Crippen molar-refractivity contribution in [3.05, 3.63) is 40.1 Å². The van der Waals surface area contributed by atoms with Crippen LogP contribution < -0.4 is 0 Å². The average molecular weight is 358 g/mol. The average Bonchev–Trinajstić information content (AvgIpc) is 2.65. The first-order valence-electron chi connectivity index (χ1n) is 6.88. The highest BCUT2D eigenvalue weighted by Gasteiger charge is 2.51. The normalized spacial score (nSPS) is 20.9. The van der Waals surface area contributed by atoms with Crippen molar-refractivity contribution in [1.82, 2.24) is 5.06 Å². The molecule has 0 fully saturated rings. The maximum Gasteiger partial charge on any atom is 0.431 e. The molecule has 1 N–H and O–H groups in total. The number of halogens is 2. The molecule has 1 amide bonds. The van der Waals surface area contributed by atoms with E-state index in [1.807, 2.05) is 0 Å². The molecular weight excluding hydrogens is 341 g/mol. The molecule has 1 aromatic rings. The highest BCUT2D eigenvalue weighted by Crippen LogP contribution is 2.34. The molecule has 1 aromatic carbocycles. The van der Waals surface area contributed by atoms with Gasteiger partial charge in [0.05, 0.1) is 11.1 Å². The molecule has 0 unspecified atom stereocenters. The van der Waals surface area contributed by atoms with E-state index in [0.717, 1.165) is 5.06 Å². The van der Waals surface area contributed by atoms with Gasteiger partial charge in [0, 0.05) is 5.02 Å².